The second-order valence-electron chi connectivity index (χ2n) is 8.74. The Morgan fingerprint density at radius 1 is 1.17 bits per heavy atom. The Bertz CT molecular complexity index is 1060. The van der Waals surface area contributed by atoms with Gasteiger partial charge in [-0.05, 0) is 58.4 Å². The molecule has 30 heavy (non-hydrogen) atoms. The fraction of sp³-hybridized carbons (Fsp3) is 0.435. The number of aryl methyl sites for hydroxylation is 2. The molecule has 0 fully saturated rings. The van der Waals surface area contributed by atoms with Crippen molar-refractivity contribution < 1.29 is 17.9 Å². The summed E-state index contributed by atoms with van der Waals surface area (Å²) in [6, 6.07) is 11.9. The number of ether oxygens (including phenoxy) is 1. The number of anilines is 1. The number of carbonyl (C=O) groups excluding carboxylic acids is 1. The van der Waals surface area contributed by atoms with Crippen molar-refractivity contribution in [2.24, 2.45) is 0 Å². The second kappa shape index (κ2) is 7.95. The lowest BCUT2D eigenvalue weighted by molar-refractivity contribution is -0.123. The highest BCUT2D eigenvalue weighted by Crippen LogP contribution is 2.40. The van der Waals surface area contributed by atoms with Crippen LogP contribution in [-0.4, -0.2) is 32.2 Å². The van der Waals surface area contributed by atoms with E-state index >= 15 is 0 Å². The maximum atomic E-state index is 13.2. The summed E-state index contributed by atoms with van der Waals surface area (Å²) in [5.41, 5.74) is 2.93. The van der Waals surface area contributed by atoms with Gasteiger partial charge >= 0.3 is 0 Å². The van der Waals surface area contributed by atoms with E-state index in [0.29, 0.717) is 12.1 Å². The van der Waals surface area contributed by atoms with Gasteiger partial charge in [0.1, 0.15) is 17.4 Å². The van der Waals surface area contributed by atoms with Crippen molar-refractivity contribution in [3.8, 4) is 5.75 Å². The minimum Gasteiger partial charge on any atom is -0.487 e. The van der Waals surface area contributed by atoms with Crippen molar-refractivity contribution in [1.82, 2.24) is 5.32 Å². The van der Waals surface area contributed by atoms with E-state index in [9.17, 15) is 13.2 Å². The van der Waals surface area contributed by atoms with E-state index in [2.05, 4.69) is 5.32 Å². The first kappa shape index (κ1) is 22.2. The Morgan fingerprint density at radius 2 is 1.83 bits per heavy atom. The van der Waals surface area contributed by atoms with Crippen LogP contribution < -0.4 is 14.4 Å². The first-order valence-electron chi connectivity index (χ1n) is 10.0. The van der Waals surface area contributed by atoms with Gasteiger partial charge in [0.2, 0.25) is 15.9 Å². The number of benzene rings is 2. The molecule has 2 aromatic carbocycles. The molecule has 7 heteroatoms. The number of hydrogen-bond acceptors (Lipinski definition) is 4. The van der Waals surface area contributed by atoms with Crippen LogP contribution in [0.5, 0.6) is 5.75 Å². The molecule has 1 aliphatic rings. The Morgan fingerprint density at radius 3 is 2.47 bits per heavy atom. The predicted octanol–water partition coefficient (Wildman–Crippen LogP) is 3.88. The fourth-order valence-corrected chi connectivity index (χ4v) is 5.14. The van der Waals surface area contributed by atoms with Crippen molar-refractivity contribution in [2.45, 2.75) is 58.7 Å². The predicted molar refractivity (Wildman–Crippen MR) is 119 cm³/mol. The van der Waals surface area contributed by atoms with E-state index in [0.717, 1.165) is 28.7 Å². The summed E-state index contributed by atoms with van der Waals surface area (Å²) in [5.74, 6) is 0.394. The van der Waals surface area contributed by atoms with Gasteiger partial charge in [-0.25, -0.2) is 8.42 Å². The molecule has 0 aromatic heterocycles. The topological polar surface area (TPSA) is 75.7 Å². The first-order valence-corrected chi connectivity index (χ1v) is 11.9. The SMILES string of the molecule is Cc1cccc(N(C(C)C(=O)NC2CC(C)(C)Oc3ccc(C)cc32)S(C)(=O)=O)c1. The summed E-state index contributed by atoms with van der Waals surface area (Å²) >= 11 is 0. The van der Waals surface area contributed by atoms with E-state index in [-0.39, 0.29) is 11.9 Å². The largest absolute Gasteiger partial charge is 0.487 e. The number of nitrogens with one attached hydrogen (secondary N) is 1. The van der Waals surface area contributed by atoms with Gasteiger partial charge in [-0.2, -0.15) is 0 Å². The average molecular weight is 431 g/mol. The van der Waals surface area contributed by atoms with Gasteiger partial charge < -0.3 is 10.1 Å². The highest BCUT2D eigenvalue weighted by molar-refractivity contribution is 7.92. The van der Waals surface area contributed by atoms with Crippen molar-refractivity contribution in [1.29, 1.82) is 0 Å². The third-order valence-corrected chi connectivity index (χ3v) is 6.53. The molecule has 0 radical (unpaired) electrons. The zero-order valence-corrected chi connectivity index (χ0v) is 19.2. The zero-order chi connectivity index (χ0) is 22.3. The summed E-state index contributed by atoms with van der Waals surface area (Å²) < 4.78 is 32.4. The zero-order valence-electron chi connectivity index (χ0n) is 18.4. The van der Waals surface area contributed by atoms with E-state index < -0.39 is 21.7 Å². The quantitative estimate of drug-likeness (QED) is 0.781. The maximum absolute atomic E-state index is 13.2. The van der Waals surface area contributed by atoms with Crippen molar-refractivity contribution in [2.75, 3.05) is 10.6 Å². The Balaban J connectivity index is 1.91. The van der Waals surface area contributed by atoms with Crippen LogP contribution in [0, 0.1) is 13.8 Å². The molecule has 1 N–H and O–H groups in total. The summed E-state index contributed by atoms with van der Waals surface area (Å²) in [7, 11) is -3.66. The minimum absolute atomic E-state index is 0.266. The van der Waals surface area contributed by atoms with Crippen LogP contribution in [0.4, 0.5) is 5.69 Å². The molecule has 162 valence electrons. The van der Waals surface area contributed by atoms with Crippen LogP contribution in [0.25, 0.3) is 0 Å². The van der Waals surface area contributed by atoms with Crippen LogP contribution in [0.15, 0.2) is 42.5 Å². The number of amides is 1. The lowest BCUT2D eigenvalue weighted by atomic mass is 9.89. The molecule has 1 aliphatic heterocycles. The second-order valence-corrected chi connectivity index (χ2v) is 10.6. The van der Waals surface area contributed by atoms with Gasteiger partial charge in [-0.3, -0.25) is 9.10 Å². The van der Waals surface area contributed by atoms with Gasteiger partial charge in [0.15, 0.2) is 0 Å². The number of nitrogens with zero attached hydrogens (tertiary/aromatic N) is 1. The standard InChI is InChI=1S/C23H30N2O4S/c1-15-8-7-9-18(12-15)25(30(6,27)28)17(3)22(26)24-20-14-23(4,5)29-21-11-10-16(2)13-19(20)21/h7-13,17,20H,14H2,1-6H3,(H,24,26). The summed E-state index contributed by atoms with van der Waals surface area (Å²) in [6.07, 6.45) is 1.71. The summed E-state index contributed by atoms with van der Waals surface area (Å²) in [6.45, 7) is 9.45. The van der Waals surface area contributed by atoms with E-state index in [4.69, 9.17) is 4.74 Å². The highest BCUT2D eigenvalue weighted by atomic mass is 32.2. The molecule has 2 aromatic rings. The number of fused-ring (bicyclic) bond motifs is 1. The van der Waals surface area contributed by atoms with Crippen LogP contribution >= 0.6 is 0 Å². The van der Waals surface area contributed by atoms with Gasteiger partial charge in [-0.1, -0.05) is 29.8 Å². The normalized spacial score (nSPS) is 18.7. The molecule has 6 nitrogen and oxygen atoms in total. The summed E-state index contributed by atoms with van der Waals surface area (Å²) in [4.78, 5) is 13.2. The van der Waals surface area contributed by atoms with Crippen LogP contribution in [-0.2, 0) is 14.8 Å². The number of carbonyl (C=O) groups is 1. The lowest BCUT2D eigenvalue weighted by Crippen LogP contribution is -2.50. The third kappa shape index (κ3) is 4.78. The Kier molecular flexibility index (Phi) is 5.87. The highest BCUT2D eigenvalue weighted by Gasteiger charge is 2.37. The monoisotopic (exact) mass is 430 g/mol. The smallest absolute Gasteiger partial charge is 0.244 e. The van der Waals surface area contributed by atoms with Crippen molar-refractivity contribution in [3.05, 3.63) is 59.2 Å². The maximum Gasteiger partial charge on any atom is 0.244 e. The number of sulfonamides is 1. The molecule has 0 saturated carbocycles. The van der Waals surface area contributed by atoms with E-state index in [1.807, 2.05) is 52.0 Å². The molecule has 0 bridgehead atoms. The van der Waals surface area contributed by atoms with Crippen molar-refractivity contribution >= 4 is 21.6 Å². The molecule has 1 amide bonds. The molecule has 0 saturated heterocycles. The minimum atomic E-state index is -3.66. The van der Waals surface area contributed by atoms with Gasteiger partial charge in [0.25, 0.3) is 0 Å². The molecule has 0 spiro atoms. The molecule has 3 rings (SSSR count). The van der Waals surface area contributed by atoms with Gasteiger partial charge in [0, 0.05) is 12.0 Å². The number of rotatable bonds is 5. The van der Waals surface area contributed by atoms with Crippen molar-refractivity contribution in [3.63, 3.8) is 0 Å². The van der Waals surface area contributed by atoms with E-state index in [1.165, 1.54) is 4.31 Å². The lowest BCUT2D eigenvalue weighted by Gasteiger charge is -2.39. The van der Waals surface area contributed by atoms with E-state index in [1.54, 1.807) is 25.1 Å². The molecule has 2 unspecified atom stereocenters. The Labute approximate surface area is 179 Å². The molecule has 0 aliphatic carbocycles. The third-order valence-electron chi connectivity index (χ3n) is 5.28. The van der Waals surface area contributed by atoms with Crippen LogP contribution in [0.1, 0.15) is 49.9 Å². The fourth-order valence-electron chi connectivity index (χ4n) is 3.97. The van der Waals surface area contributed by atoms with Crippen LogP contribution in [0.2, 0.25) is 0 Å². The van der Waals surface area contributed by atoms with Gasteiger partial charge in [0.05, 0.1) is 18.0 Å². The van der Waals surface area contributed by atoms with Gasteiger partial charge in [-0.15, -0.1) is 0 Å². The molecule has 1 heterocycles. The molecular formula is C23H30N2O4S. The average Bonchev–Trinajstić information content (AvgIpc) is 2.60. The summed E-state index contributed by atoms with van der Waals surface area (Å²) in [5, 5.41) is 3.07. The molecular weight excluding hydrogens is 400 g/mol. The number of hydrogen-bond donors (Lipinski definition) is 1. The first-order chi connectivity index (χ1) is 13.9. The van der Waals surface area contributed by atoms with Crippen LogP contribution in [0.3, 0.4) is 0 Å². The molecule has 2 atom stereocenters. The Hall–Kier alpha value is -2.54.